The van der Waals surface area contributed by atoms with Crippen LogP contribution < -0.4 is 21.7 Å². The van der Waals surface area contributed by atoms with Crippen molar-refractivity contribution in [1.82, 2.24) is 16.0 Å². The monoisotopic (exact) mass is 388 g/mol. The molecule has 0 aliphatic heterocycles. The smallest absolute Gasteiger partial charge is 0.326 e. The summed E-state index contributed by atoms with van der Waals surface area (Å²) in [5.41, 5.74) is 5.42. The highest BCUT2D eigenvalue weighted by molar-refractivity contribution is 5.94. The minimum atomic E-state index is -1.16. The van der Waals surface area contributed by atoms with E-state index in [2.05, 4.69) is 16.0 Å². The van der Waals surface area contributed by atoms with Gasteiger partial charge in [-0.1, -0.05) is 27.7 Å². The molecule has 0 rings (SSSR count). The van der Waals surface area contributed by atoms with Crippen molar-refractivity contribution >= 4 is 23.7 Å². The van der Waals surface area contributed by atoms with Gasteiger partial charge in [0.25, 0.3) is 0 Å². The zero-order valence-corrected chi connectivity index (χ0v) is 16.5. The Morgan fingerprint density at radius 2 is 1.44 bits per heavy atom. The zero-order valence-electron chi connectivity index (χ0n) is 16.5. The maximum Gasteiger partial charge on any atom is 0.326 e. The number of carbonyl (C=O) groups excluding carboxylic acids is 3. The van der Waals surface area contributed by atoms with E-state index in [4.69, 9.17) is 10.8 Å². The Labute approximate surface area is 159 Å². The first-order valence-corrected chi connectivity index (χ1v) is 8.91. The molecule has 10 heteroatoms. The minimum Gasteiger partial charge on any atom is -0.480 e. The summed E-state index contributed by atoms with van der Waals surface area (Å²) in [7, 11) is 0. The van der Waals surface area contributed by atoms with E-state index < -0.39 is 54.5 Å². The van der Waals surface area contributed by atoms with Crippen LogP contribution in [-0.4, -0.2) is 64.7 Å². The number of nitrogens with one attached hydrogen (secondary N) is 3. The van der Waals surface area contributed by atoms with Crippen LogP contribution in [0.2, 0.25) is 0 Å². The predicted octanol–water partition coefficient (Wildman–Crippen LogP) is -1.43. The van der Waals surface area contributed by atoms with Crippen LogP contribution in [0.15, 0.2) is 0 Å². The lowest BCUT2D eigenvalue weighted by Crippen LogP contribution is -2.58. The van der Waals surface area contributed by atoms with Gasteiger partial charge in [0.2, 0.25) is 17.7 Å². The summed E-state index contributed by atoms with van der Waals surface area (Å²) < 4.78 is 0. The standard InChI is InChI=1S/C17H32N4O6/c1-8(2)6-12(17(26)27)20-14(23)10(5)19-16(25)13(9(3)4)21-15(24)11(18)7-22/h8-13,22H,6-7,18H2,1-5H3,(H,19,25)(H,20,23)(H,21,24)(H,26,27). The van der Waals surface area contributed by atoms with Crippen molar-refractivity contribution in [3.8, 4) is 0 Å². The molecule has 4 unspecified atom stereocenters. The lowest BCUT2D eigenvalue weighted by atomic mass is 10.0. The van der Waals surface area contributed by atoms with E-state index >= 15 is 0 Å². The molecule has 4 atom stereocenters. The van der Waals surface area contributed by atoms with Gasteiger partial charge in [-0.15, -0.1) is 0 Å². The van der Waals surface area contributed by atoms with Crippen molar-refractivity contribution in [2.75, 3.05) is 6.61 Å². The van der Waals surface area contributed by atoms with Gasteiger partial charge in [-0.05, 0) is 25.2 Å². The number of hydrogen-bond donors (Lipinski definition) is 6. The fourth-order valence-electron chi connectivity index (χ4n) is 2.24. The number of aliphatic hydroxyl groups is 1. The van der Waals surface area contributed by atoms with Gasteiger partial charge in [-0.3, -0.25) is 14.4 Å². The second-order valence-electron chi connectivity index (χ2n) is 7.28. The number of aliphatic hydroxyl groups excluding tert-OH is 1. The highest BCUT2D eigenvalue weighted by atomic mass is 16.4. The lowest BCUT2D eigenvalue weighted by molar-refractivity contribution is -0.142. The molecule has 156 valence electrons. The molecule has 0 heterocycles. The van der Waals surface area contributed by atoms with E-state index in [0.717, 1.165) is 0 Å². The van der Waals surface area contributed by atoms with Crippen LogP contribution in [0.3, 0.4) is 0 Å². The van der Waals surface area contributed by atoms with Crippen molar-refractivity contribution in [3.05, 3.63) is 0 Å². The normalized spacial score (nSPS) is 15.6. The van der Waals surface area contributed by atoms with Gasteiger partial charge in [0.15, 0.2) is 0 Å². The van der Waals surface area contributed by atoms with E-state index in [1.165, 1.54) is 6.92 Å². The molecule has 0 aliphatic carbocycles. The van der Waals surface area contributed by atoms with Crippen molar-refractivity contribution in [2.45, 2.75) is 65.2 Å². The summed E-state index contributed by atoms with van der Waals surface area (Å²) in [5.74, 6) is -3.33. The number of aliphatic carboxylic acids is 1. The van der Waals surface area contributed by atoms with E-state index in [1.807, 2.05) is 13.8 Å². The summed E-state index contributed by atoms with van der Waals surface area (Å²) in [6.45, 7) is 7.91. The number of nitrogens with two attached hydrogens (primary N) is 1. The third-order valence-corrected chi connectivity index (χ3v) is 3.85. The molecular formula is C17H32N4O6. The molecule has 0 saturated heterocycles. The van der Waals surface area contributed by atoms with Crippen LogP contribution in [0.4, 0.5) is 0 Å². The van der Waals surface area contributed by atoms with Crippen LogP contribution >= 0.6 is 0 Å². The predicted molar refractivity (Wildman–Crippen MR) is 98.5 cm³/mol. The zero-order chi connectivity index (χ0) is 21.3. The first-order valence-electron chi connectivity index (χ1n) is 8.91. The Hall–Kier alpha value is -2.20. The van der Waals surface area contributed by atoms with Gasteiger partial charge in [0.05, 0.1) is 6.61 Å². The molecule has 0 aliphatic rings. The van der Waals surface area contributed by atoms with Crippen LogP contribution in [0, 0.1) is 11.8 Å². The quantitative estimate of drug-likeness (QED) is 0.252. The number of carboxylic acids is 1. The summed E-state index contributed by atoms with van der Waals surface area (Å²) >= 11 is 0. The third kappa shape index (κ3) is 8.83. The molecule has 0 bridgehead atoms. The lowest BCUT2D eigenvalue weighted by Gasteiger charge is -2.25. The minimum absolute atomic E-state index is 0.0626. The van der Waals surface area contributed by atoms with E-state index in [0.29, 0.717) is 0 Å². The van der Waals surface area contributed by atoms with Gasteiger partial charge in [-0.2, -0.15) is 0 Å². The first-order chi connectivity index (χ1) is 12.4. The number of amides is 3. The Morgan fingerprint density at radius 1 is 0.889 bits per heavy atom. The molecule has 7 N–H and O–H groups in total. The van der Waals surface area contributed by atoms with E-state index in [-0.39, 0.29) is 18.3 Å². The second-order valence-corrected chi connectivity index (χ2v) is 7.28. The molecule has 0 aromatic rings. The maximum atomic E-state index is 12.4. The van der Waals surface area contributed by atoms with Crippen LogP contribution in [0.5, 0.6) is 0 Å². The molecule has 0 saturated carbocycles. The fourth-order valence-corrected chi connectivity index (χ4v) is 2.24. The molecule has 0 radical (unpaired) electrons. The van der Waals surface area contributed by atoms with Crippen molar-refractivity contribution < 1.29 is 29.4 Å². The highest BCUT2D eigenvalue weighted by Crippen LogP contribution is 2.06. The van der Waals surface area contributed by atoms with Crippen LogP contribution in [0.1, 0.15) is 41.0 Å². The molecule has 27 heavy (non-hydrogen) atoms. The third-order valence-electron chi connectivity index (χ3n) is 3.85. The largest absolute Gasteiger partial charge is 0.480 e. The number of hydrogen-bond acceptors (Lipinski definition) is 6. The molecular weight excluding hydrogens is 356 g/mol. The molecule has 10 nitrogen and oxygen atoms in total. The Morgan fingerprint density at radius 3 is 1.85 bits per heavy atom. The molecule has 0 fully saturated rings. The van der Waals surface area contributed by atoms with Gasteiger partial charge in [0.1, 0.15) is 24.2 Å². The van der Waals surface area contributed by atoms with Crippen molar-refractivity contribution in [3.63, 3.8) is 0 Å². The maximum absolute atomic E-state index is 12.4. The molecule has 0 spiro atoms. The second kappa shape index (κ2) is 11.5. The van der Waals surface area contributed by atoms with Crippen molar-refractivity contribution in [1.29, 1.82) is 0 Å². The average Bonchev–Trinajstić information content (AvgIpc) is 2.56. The SMILES string of the molecule is CC(C)CC(NC(=O)C(C)NC(=O)C(NC(=O)C(N)CO)C(C)C)C(=O)O. The Balaban J connectivity index is 4.93. The van der Waals surface area contributed by atoms with E-state index in [9.17, 15) is 24.3 Å². The number of carboxylic acid groups (broad SMARTS) is 1. The molecule has 0 aromatic carbocycles. The number of rotatable bonds is 11. The highest BCUT2D eigenvalue weighted by Gasteiger charge is 2.29. The van der Waals surface area contributed by atoms with Gasteiger partial charge < -0.3 is 31.9 Å². The van der Waals surface area contributed by atoms with Gasteiger partial charge >= 0.3 is 5.97 Å². The summed E-state index contributed by atoms with van der Waals surface area (Å²) in [6.07, 6.45) is 0.255. The Kier molecular flexibility index (Phi) is 10.6. The van der Waals surface area contributed by atoms with Crippen LogP contribution in [-0.2, 0) is 19.2 Å². The van der Waals surface area contributed by atoms with Gasteiger partial charge in [0, 0.05) is 0 Å². The summed E-state index contributed by atoms with van der Waals surface area (Å²) in [6, 6.07) is -4.18. The Bertz CT molecular complexity index is 538. The van der Waals surface area contributed by atoms with Crippen LogP contribution in [0.25, 0.3) is 0 Å². The van der Waals surface area contributed by atoms with Crippen molar-refractivity contribution in [2.24, 2.45) is 17.6 Å². The first kappa shape index (κ1) is 24.8. The van der Waals surface area contributed by atoms with E-state index in [1.54, 1.807) is 13.8 Å². The van der Waals surface area contributed by atoms with Gasteiger partial charge in [-0.25, -0.2) is 4.79 Å². The topological polar surface area (TPSA) is 171 Å². The fraction of sp³-hybridized carbons (Fsp3) is 0.765. The molecule has 3 amide bonds. The number of carbonyl (C=O) groups is 4. The average molecular weight is 388 g/mol. The summed E-state index contributed by atoms with van der Waals surface area (Å²) in [5, 5.41) is 25.4. The summed E-state index contributed by atoms with van der Waals surface area (Å²) in [4.78, 5) is 47.7. The molecule has 0 aromatic heterocycles.